The Morgan fingerprint density at radius 1 is 1.40 bits per heavy atom. The summed E-state index contributed by atoms with van der Waals surface area (Å²) in [6.45, 7) is 5.69. The highest BCUT2D eigenvalue weighted by Gasteiger charge is 2.24. The zero-order valence-electron chi connectivity index (χ0n) is 11.2. The van der Waals surface area contributed by atoms with E-state index in [1.165, 1.54) is 6.20 Å². The van der Waals surface area contributed by atoms with Crippen molar-refractivity contribution in [3.8, 4) is 0 Å². The predicted molar refractivity (Wildman–Crippen MR) is 72.3 cm³/mol. The lowest BCUT2D eigenvalue weighted by molar-refractivity contribution is 0.0613. The van der Waals surface area contributed by atoms with Crippen LogP contribution < -0.4 is 0 Å². The van der Waals surface area contributed by atoms with Gasteiger partial charge in [-0.25, -0.2) is 0 Å². The number of hydrogen-bond acceptors (Lipinski definition) is 7. The van der Waals surface area contributed by atoms with Gasteiger partial charge in [-0.3, -0.25) is 9.69 Å². The fourth-order valence-corrected chi connectivity index (χ4v) is 2.65. The van der Waals surface area contributed by atoms with Crippen molar-refractivity contribution >= 4 is 17.6 Å². The second kappa shape index (κ2) is 5.68. The van der Waals surface area contributed by atoms with E-state index >= 15 is 0 Å². The molecule has 2 aromatic rings. The van der Waals surface area contributed by atoms with Crippen molar-refractivity contribution < 1.29 is 9.32 Å². The van der Waals surface area contributed by atoms with Gasteiger partial charge >= 0.3 is 0 Å². The summed E-state index contributed by atoms with van der Waals surface area (Å²) < 4.78 is 13.1. The first-order valence-electron chi connectivity index (χ1n) is 6.44. The molecule has 3 heterocycles. The number of carbonyl (C=O) groups excluding carboxylic acids is 1. The largest absolute Gasteiger partial charge is 0.360 e. The first-order valence-corrected chi connectivity index (χ1v) is 7.17. The van der Waals surface area contributed by atoms with Crippen LogP contribution in [0.3, 0.4) is 0 Å². The molecule has 106 valence electrons. The summed E-state index contributed by atoms with van der Waals surface area (Å²) in [7, 11) is 0. The number of nitrogens with zero attached hydrogens (tertiary/aromatic N) is 5. The van der Waals surface area contributed by atoms with Crippen molar-refractivity contribution in [2.24, 2.45) is 0 Å². The SMILES string of the molecule is Cc1cc(CN2CCN(C(=O)c3cnsn3)CC2)on1. The average Bonchev–Trinajstić information content (AvgIpc) is 3.11. The molecule has 20 heavy (non-hydrogen) atoms. The van der Waals surface area contributed by atoms with E-state index in [9.17, 15) is 4.79 Å². The third-order valence-electron chi connectivity index (χ3n) is 3.30. The van der Waals surface area contributed by atoms with Crippen LogP contribution in [0.2, 0.25) is 0 Å². The van der Waals surface area contributed by atoms with Gasteiger partial charge in [0.1, 0.15) is 0 Å². The minimum Gasteiger partial charge on any atom is -0.360 e. The van der Waals surface area contributed by atoms with Gasteiger partial charge in [0, 0.05) is 32.2 Å². The smallest absolute Gasteiger partial charge is 0.275 e. The highest BCUT2D eigenvalue weighted by Crippen LogP contribution is 2.11. The van der Waals surface area contributed by atoms with Gasteiger partial charge in [0.2, 0.25) is 0 Å². The van der Waals surface area contributed by atoms with Gasteiger partial charge in [0.05, 0.1) is 30.2 Å². The molecule has 2 aromatic heterocycles. The van der Waals surface area contributed by atoms with E-state index < -0.39 is 0 Å². The van der Waals surface area contributed by atoms with Crippen LogP contribution in [0, 0.1) is 6.92 Å². The molecule has 1 aliphatic heterocycles. The number of aryl methyl sites for hydroxylation is 1. The first-order chi connectivity index (χ1) is 9.72. The first kappa shape index (κ1) is 13.2. The summed E-state index contributed by atoms with van der Waals surface area (Å²) >= 11 is 1.06. The Labute approximate surface area is 120 Å². The zero-order chi connectivity index (χ0) is 13.9. The third-order valence-corrected chi connectivity index (χ3v) is 3.77. The minimum absolute atomic E-state index is 0.0334. The van der Waals surface area contributed by atoms with Crippen LogP contribution in [0.15, 0.2) is 16.8 Å². The molecule has 8 heteroatoms. The van der Waals surface area contributed by atoms with Gasteiger partial charge in [-0.2, -0.15) is 8.75 Å². The monoisotopic (exact) mass is 293 g/mol. The van der Waals surface area contributed by atoms with Crippen LogP contribution in [0.5, 0.6) is 0 Å². The summed E-state index contributed by atoms with van der Waals surface area (Å²) in [4.78, 5) is 16.2. The molecule has 1 saturated heterocycles. The molecule has 3 rings (SSSR count). The van der Waals surface area contributed by atoms with Crippen LogP contribution >= 0.6 is 11.7 Å². The van der Waals surface area contributed by atoms with Gasteiger partial charge in [-0.05, 0) is 6.92 Å². The van der Waals surface area contributed by atoms with Crippen molar-refractivity contribution in [1.29, 1.82) is 0 Å². The minimum atomic E-state index is -0.0334. The topological polar surface area (TPSA) is 75.4 Å². The van der Waals surface area contributed by atoms with E-state index in [-0.39, 0.29) is 5.91 Å². The molecule has 0 radical (unpaired) electrons. The molecule has 1 fully saturated rings. The summed E-state index contributed by atoms with van der Waals surface area (Å²) in [6.07, 6.45) is 1.52. The lowest BCUT2D eigenvalue weighted by atomic mass is 10.2. The number of hydrogen-bond donors (Lipinski definition) is 0. The molecule has 7 nitrogen and oxygen atoms in total. The molecule has 0 aliphatic carbocycles. The van der Waals surface area contributed by atoms with E-state index in [4.69, 9.17) is 4.52 Å². The number of aromatic nitrogens is 3. The van der Waals surface area contributed by atoms with E-state index in [2.05, 4.69) is 18.8 Å². The number of piperazine rings is 1. The molecule has 0 aromatic carbocycles. The van der Waals surface area contributed by atoms with E-state index in [0.717, 1.165) is 42.8 Å². The van der Waals surface area contributed by atoms with Gasteiger partial charge < -0.3 is 9.42 Å². The molecule has 0 spiro atoms. The van der Waals surface area contributed by atoms with Gasteiger partial charge in [-0.1, -0.05) is 5.16 Å². The molecule has 0 saturated carbocycles. The molecule has 0 atom stereocenters. The van der Waals surface area contributed by atoms with Crippen LogP contribution in [-0.2, 0) is 6.54 Å². The van der Waals surface area contributed by atoms with Crippen LogP contribution in [-0.4, -0.2) is 55.8 Å². The summed E-state index contributed by atoms with van der Waals surface area (Å²) in [5.74, 6) is 0.833. The zero-order valence-corrected chi connectivity index (χ0v) is 12.0. The Morgan fingerprint density at radius 3 is 2.80 bits per heavy atom. The fraction of sp³-hybridized carbons (Fsp3) is 0.500. The van der Waals surface area contributed by atoms with Crippen LogP contribution in [0.4, 0.5) is 0 Å². The Bertz CT molecular complexity index is 574. The summed E-state index contributed by atoms with van der Waals surface area (Å²) in [6, 6.07) is 1.94. The standard InChI is InChI=1S/C12H15N5O2S/c1-9-6-10(19-14-9)8-16-2-4-17(5-3-16)12(18)11-7-13-20-15-11/h6-7H,2-5,8H2,1H3. The van der Waals surface area contributed by atoms with E-state index in [1.807, 2.05) is 17.9 Å². The fourth-order valence-electron chi connectivity index (χ4n) is 2.24. The second-order valence-electron chi connectivity index (χ2n) is 4.80. The van der Waals surface area contributed by atoms with Gasteiger partial charge in [-0.15, -0.1) is 0 Å². The molecule has 0 N–H and O–H groups in total. The molecular weight excluding hydrogens is 278 g/mol. The van der Waals surface area contributed by atoms with E-state index in [0.29, 0.717) is 18.8 Å². The van der Waals surface area contributed by atoms with Crippen LogP contribution in [0.1, 0.15) is 21.9 Å². The lowest BCUT2D eigenvalue weighted by Crippen LogP contribution is -2.48. The summed E-state index contributed by atoms with van der Waals surface area (Å²) in [5, 5.41) is 3.88. The molecule has 1 amide bonds. The van der Waals surface area contributed by atoms with Gasteiger partial charge in [0.15, 0.2) is 11.5 Å². The van der Waals surface area contributed by atoms with Crippen molar-refractivity contribution in [2.45, 2.75) is 13.5 Å². The second-order valence-corrected chi connectivity index (χ2v) is 5.35. The lowest BCUT2D eigenvalue weighted by Gasteiger charge is -2.33. The number of amides is 1. The highest BCUT2D eigenvalue weighted by molar-refractivity contribution is 6.99. The summed E-state index contributed by atoms with van der Waals surface area (Å²) in [5.41, 5.74) is 1.33. The normalized spacial score (nSPS) is 16.6. The van der Waals surface area contributed by atoms with Gasteiger partial charge in [0.25, 0.3) is 5.91 Å². The number of rotatable bonds is 3. The Morgan fingerprint density at radius 2 is 2.20 bits per heavy atom. The molecule has 1 aliphatic rings. The van der Waals surface area contributed by atoms with Crippen molar-refractivity contribution in [2.75, 3.05) is 26.2 Å². The Hall–Kier alpha value is -1.80. The maximum Gasteiger partial charge on any atom is 0.275 e. The molecule has 0 bridgehead atoms. The third kappa shape index (κ3) is 2.86. The van der Waals surface area contributed by atoms with E-state index in [1.54, 1.807) is 0 Å². The maximum atomic E-state index is 12.1. The number of carbonyl (C=O) groups is 1. The Kier molecular flexibility index (Phi) is 3.75. The maximum absolute atomic E-state index is 12.1. The van der Waals surface area contributed by atoms with Crippen molar-refractivity contribution in [3.63, 3.8) is 0 Å². The van der Waals surface area contributed by atoms with Crippen molar-refractivity contribution in [3.05, 3.63) is 29.4 Å². The predicted octanol–water partition coefficient (Wildman–Crippen LogP) is 0.793. The highest BCUT2D eigenvalue weighted by atomic mass is 32.1. The van der Waals surface area contributed by atoms with Crippen molar-refractivity contribution in [1.82, 2.24) is 23.7 Å². The molecule has 0 unspecified atom stereocenters. The molecular formula is C12H15N5O2S. The average molecular weight is 293 g/mol. The quantitative estimate of drug-likeness (QED) is 0.833. The Balaban J connectivity index is 1.53. The van der Waals surface area contributed by atoms with Crippen LogP contribution in [0.25, 0.3) is 0 Å².